The van der Waals surface area contributed by atoms with E-state index in [1.807, 2.05) is 6.92 Å². The molecule has 112 valence electrons. The van der Waals surface area contributed by atoms with Crippen LogP contribution >= 0.6 is 0 Å². The van der Waals surface area contributed by atoms with Crippen LogP contribution in [0.4, 0.5) is 10.1 Å². The Balaban J connectivity index is 2.13. The number of ether oxygens (including phenoxy) is 1. The average molecular weight is 302 g/mol. The lowest BCUT2D eigenvalue weighted by atomic mass is 9.83. The second-order valence-corrected chi connectivity index (χ2v) is 7.13. The molecule has 0 spiro atoms. The maximum Gasteiger partial charge on any atom is 0.242 e. The van der Waals surface area contributed by atoms with Crippen molar-refractivity contribution in [1.82, 2.24) is 4.72 Å². The minimum Gasteiger partial charge on any atom is -0.395 e. The van der Waals surface area contributed by atoms with Crippen LogP contribution in [0.2, 0.25) is 0 Å². The molecule has 20 heavy (non-hydrogen) atoms. The van der Waals surface area contributed by atoms with Crippen LogP contribution in [-0.4, -0.2) is 28.2 Å². The molecule has 1 fully saturated rings. The molecule has 0 aromatic heterocycles. The Morgan fingerprint density at radius 1 is 1.40 bits per heavy atom. The van der Waals surface area contributed by atoms with Gasteiger partial charge in [0.25, 0.3) is 0 Å². The fraction of sp³-hybridized carbons (Fsp3) is 0.538. The third kappa shape index (κ3) is 3.28. The molecule has 1 heterocycles. The fourth-order valence-electron chi connectivity index (χ4n) is 2.14. The number of nitrogens with two attached hydrogens (primary N) is 1. The van der Waals surface area contributed by atoms with Crippen LogP contribution in [0.15, 0.2) is 23.1 Å². The van der Waals surface area contributed by atoms with Gasteiger partial charge in [-0.2, -0.15) is 0 Å². The molecule has 5 nitrogen and oxygen atoms in total. The van der Waals surface area contributed by atoms with E-state index in [1.165, 1.54) is 12.1 Å². The van der Waals surface area contributed by atoms with E-state index in [4.69, 9.17) is 10.5 Å². The number of benzene rings is 1. The smallest absolute Gasteiger partial charge is 0.242 e. The summed E-state index contributed by atoms with van der Waals surface area (Å²) in [4.78, 5) is -0.215. The van der Waals surface area contributed by atoms with Crippen LogP contribution in [-0.2, 0) is 14.8 Å². The van der Waals surface area contributed by atoms with Gasteiger partial charge in [0.05, 0.1) is 5.69 Å². The van der Waals surface area contributed by atoms with E-state index in [9.17, 15) is 12.8 Å². The number of nitrogen functional groups attached to an aromatic ring is 1. The summed E-state index contributed by atoms with van der Waals surface area (Å²) in [5.41, 5.74) is 5.00. The Hall–Kier alpha value is -1.18. The molecular formula is C13H19FN2O3S. The zero-order valence-corrected chi connectivity index (χ0v) is 12.2. The monoisotopic (exact) mass is 302 g/mol. The number of para-hydroxylation sites is 1. The highest BCUT2D eigenvalue weighted by molar-refractivity contribution is 7.89. The second-order valence-electron chi connectivity index (χ2n) is 5.40. The van der Waals surface area contributed by atoms with Gasteiger partial charge in [-0.1, -0.05) is 13.0 Å². The molecule has 1 saturated heterocycles. The Labute approximate surface area is 118 Å². The summed E-state index contributed by atoms with van der Waals surface area (Å²) >= 11 is 0. The molecule has 1 aromatic rings. The number of rotatable bonds is 4. The molecule has 7 heteroatoms. The van der Waals surface area contributed by atoms with Crippen LogP contribution < -0.4 is 10.5 Å². The van der Waals surface area contributed by atoms with Gasteiger partial charge in [0.1, 0.15) is 10.7 Å². The van der Waals surface area contributed by atoms with Crippen molar-refractivity contribution in [2.24, 2.45) is 5.41 Å². The van der Waals surface area contributed by atoms with E-state index < -0.39 is 15.8 Å². The van der Waals surface area contributed by atoms with Gasteiger partial charge < -0.3 is 10.5 Å². The van der Waals surface area contributed by atoms with Gasteiger partial charge in [-0.25, -0.2) is 17.5 Å². The summed E-state index contributed by atoms with van der Waals surface area (Å²) in [6.45, 7) is 3.54. The zero-order valence-electron chi connectivity index (χ0n) is 11.4. The largest absolute Gasteiger partial charge is 0.395 e. The van der Waals surface area contributed by atoms with Crippen LogP contribution in [0, 0.1) is 11.2 Å². The molecule has 0 atom stereocenters. The van der Waals surface area contributed by atoms with Crippen molar-refractivity contribution in [1.29, 1.82) is 0 Å². The number of nitrogens with one attached hydrogen (secondary N) is 1. The lowest BCUT2D eigenvalue weighted by molar-refractivity contribution is 0.0265. The first kappa shape index (κ1) is 15.2. The van der Waals surface area contributed by atoms with E-state index in [-0.39, 0.29) is 22.5 Å². The van der Waals surface area contributed by atoms with Gasteiger partial charge in [0.15, 0.2) is 0 Å². The van der Waals surface area contributed by atoms with Gasteiger partial charge in [-0.15, -0.1) is 0 Å². The highest BCUT2D eigenvalue weighted by Gasteiger charge is 2.30. The third-order valence-electron chi connectivity index (χ3n) is 3.69. The van der Waals surface area contributed by atoms with Crippen LogP contribution in [0.3, 0.4) is 0 Å². The maximum absolute atomic E-state index is 13.3. The maximum atomic E-state index is 13.3. The normalized spacial score (nSPS) is 18.9. The minimum absolute atomic E-state index is 0.145. The highest BCUT2D eigenvalue weighted by atomic mass is 32.2. The topological polar surface area (TPSA) is 81.4 Å². The Morgan fingerprint density at radius 2 is 2.05 bits per heavy atom. The molecule has 1 aromatic carbocycles. The minimum atomic E-state index is -3.81. The van der Waals surface area contributed by atoms with Gasteiger partial charge >= 0.3 is 0 Å². The molecule has 2 rings (SSSR count). The average Bonchev–Trinajstić information content (AvgIpc) is 2.41. The van der Waals surface area contributed by atoms with E-state index in [2.05, 4.69) is 4.72 Å². The first-order valence-electron chi connectivity index (χ1n) is 6.45. The molecule has 3 N–H and O–H groups in total. The fourth-order valence-corrected chi connectivity index (χ4v) is 3.48. The first-order valence-corrected chi connectivity index (χ1v) is 7.94. The predicted molar refractivity (Wildman–Crippen MR) is 74.2 cm³/mol. The van der Waals surface area contributed by atoms with Gasteiger partial charge in [-0.05, 0) is 30.4 Å². The molecule has 0 unspecified atom stereocenters. The molecule has 1 aliphatic rings. The summed E-state index contributed by atoms with van der Waals surface area (Å²) < 4.78 is 45.5. The van der Waals surface area contributed by atoms with E-state index in [1.54, 1.807) is 0 Å². The summed E-state index contributed by atoms with van der Waals surface area (Å²) in [7, 11) is -3.81. The summed E-state index contributed by atoms with van der Waals surface area (Å²) in [6, 6.07) is 3.76. The van der Waals surface area contributed by atoms with Crippen molar-refractivity contribution in [3.8, 4) is 0 Å². The summed E-state index contributed by atoms with van der Waals surface area (Å²) in [5, 5.41) is 0. The lowest BCUT2D eigenvalue weighted by Crippen LogP contribution is -2.39. The Kier molecular flexibility index (Phi) is 4.31. The first-order chi connectivity index (χ1) is 9.34. The molecule has 0 aliphatic carbocycles. The van der Waals surface area contributed by atoms with Crippen molar-refractivity contribution in [3.63, 3.8) is 0 Å². The molecule has 0 saturated carbocycles. The Morgan fingerprint density at radius 3 is 2.70 bits per heavy atom. The number of hydrogen-bond donors (Lipinski definition) is 2. The standard InChI is InChI=1S/C13H19FN2O3S/c1-13(5-7-19-8-6-13)9-16-20(17,18)11-4-2-3-10(14)12(11)15/h2-4,16H,5-9,15H2,1H3. The molecule has 0 radical (unpaired) electrons. The third-order valence-corrected chi connectivity index (χ3v) is 5.15. The molecule has 0 amide bonds. The van der Waals surface area contributed by atoms with Crippen LogP contribution in [0.25, 0.3) is 0 Å². The van der Waals surface area contributed by atoms with Crippen molar-refractivity contribution in [3.05, 3.63) is 24.0 Å². The SMILES string of the molecule is CC1(CNS(=O)(=O)c2cccc(F)c2N)CCOCC1. The summed E-state index contributed by atoms with van der Waals surface area (Å²) in [5.74, 6) is -0.731. The second kappa shape index (κ2) is 5.67. The highest BCUT2D eigenvalue weighted by Crippen LogP contribution is 2.29. The van der Waals surface area contributed by atoms with E-state index >= 15 is 0 Å². The van der Waals surface area contributed by atoms with Crippen molar-refractivity contribution in [2.75, 3.05) is 25.5 Å². The van der Waals surface area contributed by atoms with Crippen molar-refractivity contribution < 1.29 is 17.5 Å². The quantitative estimate of drug-likeness (QED) is 0.826. The zero-order chi connectivity index (χ0) is 14.8. The lowest BCUT2D eigenvalue weighted by Gasteiger charge is -2.33. The van der Waals surface area contributed by atoms with Gasteiger partial charge in [-0.3, -0.25) is 0 Å². The van der Waals surface area contributed by atoms with Gasteiger partial charge in [0.2, 0.25) is 10.0 Å². The van der Waals surface area contributed by atoms with Gasteiger partial charge in [0, 0.05) is 19.8 Å². The molecular weight excluding hydrogens is 283 g/mol. The Bertz CT molecular complexity index is 583. The van der Waals surface area contributed by atoms with Crippen LogP contribution in [0.5, 0.6) is 0 Å². The van der Waals surface area contributed by atoms with Crippen molar-refractivity contribution >= 4 is 15.7 Å². The van der Waals surface area contributed by atoms with Crippen LogP contribution in [0.1, 0.15) is 19.8 Å². The van der Waals surface area contributed by atoms with E-state index in [0.29, 0.717) is 13.2 Å². The number of anilines is 1. The number of hydrogen-bond acceptors (Lipinski definition) is 4. The number of halogens is 1. The predicted octanol–water partition coefficient (Wildman–Crippen LogP) is 1.50. The molecule has 1 aliphatic heterocycles. The van der Waals surface area contributed by atoms with Crippen molar-refractivity contribution in [2.45, 2.75) is 24.7 Å². The van der Waals surface area contributed by atoms with E-state index in [0.717, 1.165) is 18.9 Å². The molecule has 0 bridgehead atoms. The summed E-state index contributed by atoms with van der Waals surface area (Å²) in [6.07, 6.45) is 1.57. The number of sulfonamides is 1.